The van der Waals surface area contributed by atoms with Crippen LogP contribution in [0.4, 0.5) is 17.5 Å². The number of nitrogens with zero attached hydrogens (tertiary/aromatic N) is 3. The number of hydrogen-bond acceptors (Lipinski definition) is 7. The molecule has 3 rings (SSSR count). The van der Waals surface area contributed by atoms with E-state index in [0.717, 1.165) is 36.5 Å². The largest absolute Gasteiger partial charge is 0.508 e. The van der Waals surface area contributed by atoms with Crippen molar-refractivity contribution < 1.29 is 5.11 Å². The first-order chi connectivity index (χ1) is 12.8. The Balaban J connectivity index is 1.79. The molecule has 0 aliphatic rings. The van der Waals surface area contributed by atoms with E-state index in [1.165, 1.54) is 0 Å². The van der Waals surface area contributed by atoms with Crippen molar-refractivity contribution in [2.24, 2.45) is 5.73 Å². The molecule has 5 N–H and O–H groups in total. The summed E-state index contributed by atoms with van der Waals surface area (Å²) in [6.45, 7) is 1.49. The van der Waals surface area contributed by atoms with Crippen LogP contribution in [-0.2, 0) is 0 Å². The maximum Gasteiger partial charge on any atom is 0.227 e. The third-order valence-electron chi connectivity index (χ3n) is 3.76. The summed E-state index contributed by atoms with van der Waals surface area (Å²) in [6, 6.07) is 12.5. The van der Waals surface area contributed by atoms with Gasteiger partial charge in [0.05, 0.1) is 5.69 Å². The molecule has 7 nitrogen and oxygen atoms in total. The summed E-state index contributed by atoms with van der Waals surface area (Å²) >= 11 is 0. The molecule has 7 heteroatoms. The van der Waals surface area contributed by atoms with Crippen LogP contribution in [0.1, 0.15) is 12.8 Å². The first-order valence-corrected chi connectivity index (χ1v) is 8.54. The molecule has 0 fully saturated rings. The third kappa shape index (κ3) is 4.67. The lowest BCUT2D eigenvalue weighted by atomic mass is 10.2. The average Bonchev–Trinajstić information content (AvgIpc) is 2.66. The van der Waals surface area contributed by atoms with E-state index >= 15 is 0 Å². The Morgan fingerprint density at radius 1 is 1.00 bits per heavy atom. The highest BCUT2D eigenvalue weighted by Gasteiger charge is 2.09. The number of aromatic nitrogens is 3. The van der Waals surface area contributed by atoms with Gasteiger partial charge in [-0.05, 0) is 49.7 Å². The zero-order chi connectivity index (χ0) is 18.2. The minimum absolute atomic E-state index is 0.183. The van der Waals surface area contributed by atoms with Crippen LogP contribution in [0.15, 0.2) is 54.9 Å². The van der Waals surface area contributed by atoms with E-state index in [0.29, 0.717) is 18.2 Å². The third-order valence-corrected chi connectivity index (χ3v) is 3.76. The van der Waals surface area contributed by atoms with E-state index in [1.54, 1.807) is 30.6 Å². The van der Waals surface area contributed by atoms with Crippen molar-refractivity contribution in [1.82, 2.24) is 15.0 Å². The molecule has 3 aromatic rings. The number of phenolic OH excluding ortho intramolecular Hbond substituents is 1. The molecule has 0 saturated carbocycles. The first-order valence-electron chi connectivity index (χ1n) is 8.54. The van der Waals surface area contributed by atoms with Crippen molar-refractivity contribution in [1.29, 1.82) is 0 Å². The van der Waals surface area contributed by atoms with E-state index in [1.807, 2.05) is 24.3 Å². The first kappa shape index (κ1) is 17.6. The van der Waals surface area contributed by atoms with Crippen LogP contribution in [0.5, 0.6) is 5.75 Å². The summed E-state index contributed by atoms with van der Waals surface area (Å²) in [5.41, 5.74) is 7.92. The fourth-order valence-electron chi connectivity index (χ4n) is 2.51. The van der Waals surface area contributed by atoms with Crippen molar-refractivity contribution >= 4 is 17.5 Å². The highest BCUT2D eigenvalue weighted by molar-refractivity contribution is 5.73. The van der Waals surface area contributed by atoms with Crippen LogP contribution in [0, 0.1) is 0 Å². The Morgan fingerprint density at radius 3 is 2.77 bits per heavy atom. The van der Waals surface area contributed by atoms with Crippen LogP contribution in [0.3, 0.4) is 0 Å². The predicted molar refractivity (Wildman–Crippen MR) is 103 cm³/mol. The van der Waals surface area contributed by atoms with Crippen LogP contribution in [-0.4, -0.2) is 33.1 Å². The fourth-order valence-corrected chi connectivity index (χ4v) is 2.51. The Labute approximate surface area is 152 Å². The summed E-state index contributed by atoms with van der Waals surface area (Å²) < 4.78 is 0. The second kappa shape index (κ2) is 8.77. The molecular weight excluding hydrogens is 328 g/mol. The van der Waals surface area contributed by atoms with Gasteiger partial charge in [-0.15, -0.1) is 0 Å². The summed E-state index contributed by atoms with van der Waals surface area (Å²) in [5, 5.41) is 16.0. The normalized spacial score (nSPS) is 10.5. The van der Waals surface area contributed by atoms with Gasteiger partial charge in [-0.1, -0.05) is 6.07 Å². The number of rotatable bonds is 8. The van der Waals surface area contributed by atoms with E-state index in [9.17, 15) is 5.11 Å². The highest BCUT2D eigenvalue weighted by Crippen LogP contribution is 2.25. The van der Waals surface area contributed by atoms with Gasteiger partial charge in [0.2, 0.25) is 5.95 Å². The summed E-state index contributed by atoms with van der Waals surface area (Å²) in [7, 11) is 0. The number of nitrogens with two attached hydrogens (primary N) is 1. The number of aromatic hydroxyl groups is 1. The summed E-state index contributed by atoms with van der Waals surface area (Å²) in [5.74, 6) is 1.42. The second-order valence-corrected chi connectivity index (χ2v) is 5.76. The number of pyridine rings is 1. The predicted octanol–water partition coefficient (Wildman–Crippen LogP) is 3.14. The van der Waals surface area contributed by atoms with Crippen LogP contribution < -0.4 is 16.4 Å². The smallest absolute Gasteiger partial charge is 0.227 e. The minimum Gasteiger partial charge on any atom is -0.508 e. The summed E-state index contributed by atoms with van der Waals surface area (Å²) in [4.78, 5) is 13.2. The second-order valence-electron chi connectivity index (χ2n) is 5.76. The lowest BCUT2D eigenvalue weighted by molar-refractivity contribution is 0.475. The number of unbranched alkanes of at least 4 members (excludes halogenated alkanes) is 1. The topological polar surface area (TPSA) is 109 Å². The van der Waals surface area contributed by atoms with Gasteiger partial charge >= 0.3 is 0 Å². The zero-order valence-corrected chi connectivity index (χ0v) is 14.4. The van der Waals surface area contributed by atoms with Crippen LogP contribution >= 0.6 is 0 Å². The minimum atomic E-state index is 0.183. The molecule has 1 aromatic carbocycles. The van der Waals surface area contributed by atoms with Crippen molar-refractivity contribution in [2.75, 3.05) is 23.7 Å². The van der Waals surface area contributed by atoms with Gasteiger partial charge in [0.15, 0.2) is 0 Å². The van der Waals surface area contributed by atoms with Crippen LogP contribution in [0.2, 0.25) is 0 Å². The standard InChI is InChI=1S/C19H22N6O/c20-9-1-2-10-21-18-16(7-4-11-22-18)17-8-12-23-19(25-17)24-14-5-3-6-15(26)13-14/h3-8,11-13,26H,1-2,9-10,20H2,(H,21,22)(H,23,24,25). The molecule has 26 heavy (non-hydrogen) atoms. The quantitative estimate of drug-likeness (QED) is 0.462. The van der Waals surface area contributed by atoms with Gasteiger partial charge in [-0.3, -0.25) is 0 Å². The monoisotopic (exact) mass is 350 g/mol. The van der Waals surface area contributed by atoms with E-state index in [2.05, 4.69) is 25.6 Å². The molecule has 134 valence electrons. The van der Waals surface area contributed by atoms with Gasteiger partial charge in [0.25, 0.3) is 0 Å². The maximum atomic E-state index is 9.58. The number of nitrogens with one attached hydrogen (secondary N) is 2. The molecule has 0 amide bonds. The van der Waals surface area contributed by atoms with Gasteiger partial charge < -0.3 is 21.5 Å². The maximum absolute atomic E-state index is 9.58. The van der Waals surface area contributed by atoms with E-state index in [-0.39, 0.29) is 5.75 Å². The van der Waals surface area contributed by atoms with Crippen molar-refractivity contribution in [3.05, 3.63) is 54.9 Å². The van der Waals surface area contributed by atoms with E-state index in [4.69, 9.17) is 5.73 Å². The molecule has 0 unspecified atom stereocenters. The number of anilines is 3. The van der Waals surface area contributed by atoms with E-state index < -0.39 is 0 Å². The molecule has 2 aromatic heterocycles. The summed E-state index contributed by atoms with van der Waals surface area (Å²) in [6.07, 6.45) is 5.40. The molecule has 0 radical (unpaired) electrons. The fraction of sp³-hybridized carbons (Fsp3) is 0.211. The Hall–Kier alpha value is -3.19. The van der Waals surface area contributed by atoms with Gasteiger partial charge in [0.1, 0.15) is 11.6 Å². The zero-order valence-electron chi connectivity index (χ0n) is 14.4. The number of hydrogen-bond donors (Lipinski definition) is 4. The van der Waals surface area contributed by atoms with Crippen molar-refractivity contribution in [3.63, 3.8) is 0 Å². The molecule has 0 aliphatic heterocycles. The van der Waals surface area contributed by atoms with Gasteiger partial charge in [-0.25, -0.2) is 15.0 Å². The molecule has 0 spiro atoms. The molecular formula is C19H22N6O. The molecule has 0 aliphatic carbocycles. The molecule has 0 bridgehead atoms. The lowest BCUT2D eigenvalue weighted by Crippen LogP contribution is -2.08. The molecule has 0 atom stereocenters. The van der Waals surface area contributed by atoms with Crippen molar-refractivity contribution in [2.45, 2.75) is 12.8 Å². The average molecular weight is 350 g/mol. The van der Waals surface area contributed by atoms with Gasteiger partial charge in [-0.2, -0.15) is 0 Å². The molecule has 0 saturated heterocycles. The highest BCUT2D eigenvalue weighted by atomic mass is 16.3. The lowest BCUT2D eigenvalue weighted by Gasteiger charge is -2.11. The van der Waals surface area contributed by atoms with Gasteiger partial charge in [0, 0.05) is 36.3 Å². The molecule has 2 heterocycles. The Bertz CT molecular complexity index is 855. The SMILES string of the molecule is NCCCCNc1ncccc1-c1ccnc(Nc2cccc(O)c2)n1. The van der Waals surface area contributed by atoms with Crippen LogP contribution in [0.25, 0.3) is 11.3 Å². The Morgan fingerprint density at radius 2 is 1.92 bits per heavy atom. The van der Waals surface area contributed by atoms with Crippen molar-refractivity contribution in [3.8, 4) is 17.0 Å². The number of phenols is 1. The number of benzene rings is 1. The Kier molecular flexibility index (Phi) is 5.95.